The molecule has 172 valence electrons. The quantitative estimate of drug-likeness (QED) is 0.536. The number of carbonyl (C=O) groups excluding carboxylic acids is 1. The lowest BCUT2D eigenvalue weighted by Crippen LogP contribution is -2.50. The summed E-state index contributed by atoms with van der Waals surface area (Å²) in [7, 11) is 0. The van der Waals surface area contributed by atoms with Crippen LogP contribution in [0.3, 0.4) is 0 Å². The molecule has 33 heavy (non-hydrogen) atoms. The fraction of sp³-hybridized carbons (Fsp3) is 0.333. The molecule has 4 rings (SSSR count). The Morgan fingerprint density at radius 1 is 0.970 bits per heavy atom. The minimum Gasteiger partial charge on any atom is -0.489 e. The molecule has 1 fully saturated rings. The van der Waals surface area contributed by atoms with Gasteiger partial charge in [0.1, 0.15) is 18.4 Å². The first-order valence-corrected chi connectivity index (χ1v) is 11.5. The molecule has 1 unspecified atom stereocenters. The SMILES string of the molecule is Cc1ccc(COc2ccc(C(=O)NCC(C(=O)O)N3CCCCC3)cc2)c2ccccc12. The molecule has 3 aromatic carbocycles. The van der Waals surface area contributed by atoms with Gasteiger partial charge >= 0.3 is 5.97 Å². The molecule has 6 heteroatoms. The number of hydrogen-bond donors (Lipinski definition) is 2. The van der Waals surface area contributed by atoms with E-state index in [4.69, 9.17) is 4.74 Å². The number of hydrogen-bond acceptors (Lipinski definition) is 4. The van der Waals surface area contributed by atoms with E-state index in [2.05, 4.69) is 36.5 Å². The number of ether oxygens (including phenoxy) is 1. The second kappa shape index (κ2) is 10.5. The van der Waals surface area contributed by atoms with Gasteiger partial charge in [0, 0.05) is 12.1 Å². The van der Waals surface area contributed by atoms with E-state index < -0.39 is 12.0 Å². The maximum absolute atomic E-state index is 12.6. The summed E-state index contributed by atoms with van der Waals surface area (Å²) in [5.41, 5.74) is 2.82. The van der Waals surface area contributed by atoms with Gasteiger partial charge in [-0.15, -0.1) is 0 Å². The zero-order valence-corrected chi connectivity index (χ0v) is 18.9. The fourth-order valence-electron chi connectivity index (χ4n) is 4.40. The van der Waals surface area contributed by atoms with Gasteiger partial charge in [-0.05, 0) is 79.0 Å². The molecule has 1 amide bonds. The number of aliphatic carboxylic acids is 1. The van der Waals surface area contributed by atoms with Crippen molar-refractivity contribution >= 4 is 22.6 Å². The predicted octanol–water partition coefficient (Wildman–Crippen LogP) is 4.40. The molecule has 0 spiro atoms. The zero-order chi connectivity index (χ0) is 23.2. The van der Waals surface area contributed by atoms with Gasteiger partial charge in [0.2, 0.25) is 0 Å². The van der Waals surface area contributed by atoms with Crippen LogP contribution in [0.15, 0.2) is 60.7 Å². The van der Waals surface area contributed by atoms with Crippen LogP contribution < -0.4 is 10.1 Å². The average molecular weight is 447 g/mol. The second-order valence-electron chi connectivity index (χ2n) is 8.56. The number of nitrogens with zero attached hydrogens (tertiary/aromatic N) is 1. The molecule has 1 aliphatic rings. The van der Waals surface area contributed by atoms with Crippen LogP contribution >= 0.6 is 0 Å². The van der Waals surface area contributed by atoms with Crippen LogP contribution in [0, 0.1) is 6.92 Å². The first kappa shape index (κ1) is 22.8. The van der Waals surface area contributed by atoms with E-state index in [1.165, 1.54) is 16.3 Å². The van der Waals surface area contributed by atoms with E-state index in [-0.39, 0.29) is 12.5 Å². The molecule has 0 radical (unpaired) electrons. The molecule has 6 nitrogen and oxygen atoms in total. The number of nitrogens with one attached hydrogen (secondary N) is 1. The van der Waals surface area contributed by atoms with E-state index >= 15 is 0 Å². The van der Waals surface area contributed by atoms with Crippen molar-refractivity contribution in [3.63, 3.8) is 0 Å². The summed E-state index contributed by atoms with van der Waals surface area (Å²) >= 11 is 0. The monoisotopic (exact) mass is 446 g/mol. The van der Waals surface area contributed by atoms with Crippen LogP contribution in [0.2, 0.25) is 0 Å². The Balaban J connectivity index is 1.35. The highest BCUT2D eigenvalue weighted by molar-refractivity contribution is 5.94. The van der Waals surface area contributed by atoms with Gasteiger partial charge in [0.05, 0.1) is 0 Å². The number of carboxylic acids is 1. The third kappa shape index (κ3) is 5.52. The standard InChI is InChI=1S/C27H30N2O4/c1-19-9-10-21(24-8-4-3-7-23(19)24)18-33-22-13-11-20(12-14-22)26(30)28-17-25(27(31)32)29-15-5-2-6-16-29/h3-4,7-14,25H,2,5-6,15-18H2,1H3,(H,28,30)(H,31,32). The molecular weight excluding hydrogens is 416 g/mol. The van der Waals surface area contributed by atoms with Crippen LogP contribution in [0.4, 0.5) is 0 Å². The third-order valence-electron chi connectivity index (χ3n) is 6.32. The topological polar surface area (TPSA) is 78.9 Å². The summed E-state index contributed by atoms with van der Waals surface area (Å²) in [5.74, 6) is -0.508. The molecular formula is C27H30N2O4. The Hall–Kier alpha value is -3.38. The minimum atomic E-state index is -0.899. The molecule has 2 N–H and O–H groups in total. The highest BCUT2D eigenvalue weighted by Gasteiger charge is 2.27. The average Bonchev–Trinajstić information content (AvgIpc) is 2.84. The molecule has 1 heterocycles. The Morgan fingerprint density at radius 2 is 1.67 bits per heavy atom. The minimum absolute atomic E-state index is 0.0902. The van der Waals surface area contributed by atoms with Crippen molar-refractivity contribution < 1.29 is 19.4 Å². The summed E-state index contributed by atoms with van der Waals surface area (Å²) < 4.78 is 5.97. The first-order valence-electron chi connectivity index (χ1n) is 11.5. The summed E-state index contributed by atoms with van der Waals surface area (Å²) in [4.78, 5) is 26.2. The Bertz CT molecular complexity index is 1120. The van der Waals surface area contributed by atoms with Crippen molar-refractivity contribution in [2.45, 2.75) is 38.8 Å². The number of carbonyl (C=O) groups is 2. The lowest BCUT2D eigenvalue weighted by Gasteiger charge is -2.31. The van der Waals surface area contributed by atoms with E-state index in [0.717, 1.165) is 37.9 Å². The molecule has 0 aromatic heterocycles. The molecule has 0 aliphatic carbocycles. The summed E-state index contributed by atoms with van der Waals surface area (Å²) in [6, 6.07) is 18.7. The van der Waals surface area contributed by atoms with E-state index in [0.29, 0.717) is 17.9 Å². The molecule has 0 bridgehead atoms. The van der Waals surface area contributed by atoms with Gasteiger partial charge in [-0.3, -0.25) is 14.5 Å². The summed E-state index contributed by atoms with van der Waals surface area (Å²) in [6.45, 7) is 4.14. The van der Waals surface area contributed by atoms with Crippen LogP contribution in [-0.2, 0) is 11.4 Å². The zero-order valence-electron chi connectivity index (χ0n) is 18.9. The van der Waals surface area contributed by atoms with Crippen molar-refractivity contribution in [1.82, 2.24) is 10.2 Å². The smallest absolute Gasteiger partial charge is 0.322 e. The summed E-state index contributed by atoms with van der Waals surface area (Å²) in [5, 5.41) is 14.7. The van der Waals surface area contributed by atoms with Crippen LogP contribution in [0.5, 0.6) is 5.75 Å². The van der Waals surface area contributed by atoms with Gasteiger partial charge in [0.25, 0.3) is 5.91 Å². The van der Waals surface area contributed by atoms with Crippen molar-refractivity contribution in [2.75, 3.05) is 19.6 Å². The number of fused-ring (bicyclic) bond motifs is 1. The van der Waals surface area contributed by atoms with Gasteiger partial charge in [-0.25, -0.2) is 0 Å². The Kier molecular flexibility index (Phi) is 7.25. The largest absolute Gasteiger partial charge is 0.489 e. The third-order valence-corrected chi connectivity index (χ3v) is 6.32. The van der Waals surface area contributed by atoms with Gasteiger partial charge < -0.3 is 15.2 Å². The van der Waals surface area contributed by atoms with Crippen LogP contribution in [0.1, 0.15) is 40.7 Å². The van der Waals surface area contributed by atoms with Crippen molar-refractivity contribution in [3.05, 3.63) is 77.4 Å². The number of rotatable bonds is 8. The molecule has 3 aromatic rings. The number of benzene rings is 3. The van der Waals surface area contributed by atoms with Crippen molar-refractivity contribution in [1.29, 1.82) is 0 Å². The predicted molar refractivity (Wildman–Crippen MR) is 129 cm³/mol. The van der Waals surface area contributed by atoms with E-state index in [1.807, 2.05) is 17.0 Å². The van der Waals surface area contributed by atoms with Gasteiger partial charge in [-0.2, -0.15) is 0 Å². The van der Waals surface area contributed by atoms with Crippen molar-refractivity contribution in [2.24, 2.45) is 0 Å². The van der Waals surface area contributed by atoms with E-state index in [9.17, 15) is 14.7 Å². The number of piperidine rings is 1. The molecule has 0 saturated carbocycles. The van der Waals surface area contributed by atoms with Crippen LogP contribution in [-0.4, -0.2) is 47.6 Å². The van der Waals surface area contributed by atoms with E-state index in [1.54, 1.807) is 24.3 Å². The van der Waals surface area contributed by atoms with Gasteiger partial charge in [0.15, 0.2) is 0 Å². The van der Waals surface area contributed by atoms with Gasteiger partial charge in [-0.1, -0.05) is 42.8 Å². The molecule has 1 aliphatic heterocycles. The molecule has 1 atom stereocenters. The first-order chi connectivity index (χ1) is 16.0. The summed E-state index contributed by atoms with van der Waals surface area (Å²) in [6.07, 6.45) is 3.12. The fourth-order valence-corrected chi connectivity index (χ4v) is 4.40. The van der Waals surface area contributed by atoms with Crippen molar-refractivity contribution in [3.8, 4) is 5.75 Å². The second-order valence-corrected chi connectivity index (χ2v) is 8.56. The number of likely N-dealkylation sites (tertiary alicyclic amines) is 1. The maximum atomic E-state index is 12.6. The number of amides is 1. The molecule has 1 saturated heterocycles. The highest BCUT2D eigenvalue weighted by atomic mass is 16.5. The number of carboxylic acid groups (broad SMARTS) is 1. The van der Waals surface area contributed by atoms with Crippen LogP contribution in [0.25, 0.3) is 10.8 Å². The normalized spacial score (nSPS) is 15.2. The lowest BCUT2D eigenvalue weighted by molar-refractivity contribution is -0.143. The Labute approximate surface area is 194 Å². The lowest BCUT2D eigenvalue weighted by atomic mass is 10.0. The number of aryl methyl sites for hydroxylation is 1. The Morgan fingerprint density at radius 3 is 2.36 bits per heavy atom. The highest BCUT2D eigenvalue weighted by Crippen LogP contribution is 2.24. The maximum Gasteiger partial charge on any atom is 0.322 e.